The van der Waals surface area contributed by atoms with Gasteiger partial charge < -0.3 is 21.0 Å². The molecule has 1 atom stereocenters. The van der Waals surface area contributed by atoms with Crippen molar-refractivity contribution in [3.63, 3.8) is 0 Å². The Bertz CT molecular complexity index is 448. The van der Waals surface area contributed by atoms with Gasteiger partial charge in [-0.05, 0) is 4.92 Å². The van der Waals surface area contributed by atoms with E-state index in [0.29, 0.717) is 18.1 Å². The molecule has 1 aromatic rings. The van der Waals surface area contributed by atoms with Gasteiger partial charge in [-0.15, -0.1) is 0 Å². The van der Waals surface area contributed by atoms with E-state index >= 15 is 0 Å². The molecule has 1 rings (SSSR count). The average molecular weight is 274 g/mol. The second kappa shape index (κ2) is 6.36. The van der Waals surface area contributed by atoms with Gasteiger partial charge in [0.25, 0.3) is 0 Å². The van der Waals surface area contributed by atoms with Crippen molar-refractivity contribution >= 4 is 23.5 Å². The van der Waals surface area contributed by atoms with E-state index in [-0.39, 0.29) is 11.6 Å². The van der Waals surface area contributed by atoms with Gasteiger partial charge in [0, 0.05) is 18.4 Å². The predicted octanol–water partition coefficient (Wildman–Crippen LogP) is 0.245. The molecule has 0 aliphatic heterocycles. The van der Waals surface area contributed by atoms with Crippen LogP contribution in [0.1, 0.15) is 5.82 Å². The Morgan fingerprint density at radius 1 is 1.78 bits per heavy atom. The smallest absolute Gasteiger partial charge is 0.342 e. The van der Waals surface area contributed by atoms with Gasteiger partial charge in [-0.2, -0.15) is 11.8 Å². The van der Waals surface area contributed by atoms with Crippen molar-refractivity contribution in [2.45, 2.75) is 19.5 Å². The van der Waals surface area contributed by atoms with Crippen LogP contribution in [0.15, 0.2) is 6.20 Å². The van der Waals surface area contributed by atoms with Crippen molar-refractivity contribution < 1.29 is 14.8 Å². The van der Waals surface area contributed by atoms with Crippen LogP contribution >= 0.6 is 11.8 Å². The van der Waals surface area contributed by atoms with Gasteiger partial charge in [0.15, 0.2) is 5.82 Å². The summed E-state index contributed by atoms with van der Waals surface area (Å²) in [5, 5.41) is 19.3. The standard InChI is InChI=1S/C9H14N4O4S/c1-6-11-4-8(13(16)17)12(6)2-3-18-5-7(10)9(14)15/h4,7H,2-3,5,10H2,1H3,(H,14,15). The molecule has 18 heavy (non-hydrogen) atoms. The molecule has 0 aliphatic rings. The maximum Gasteiger partial charge on any atom is 0.342 e. The van der Waals surface area contributed by atoms with Gasteiger partial charge >= 0.3 is 11.8 Å². The highest BCUT2D eigenvalue weighted by atomic mass is 32.2. The van der Waals surface area contributed by atoms with E-state index in [4.69, 9.17) is 10.8 Å². The van der Waals surface area contributed by atoms with Gasteiger partial charge in [-0.1, -0.05) is 0 Å². The fourth-order valence-electron chi connectivity index (χ4n) is 1.32. The van der Waals surface area contributed by atoms with Gasteiger partial charge in [-0.25, -0.2) is 9.55 Å². The number of hydrogen-bond donors (Lipinski definition) is 2. The molecule has 8 nitrogen and oxygen atoms in total. The third-order valence-electron chi connectivity index (χ3n) is 2.29. The number of nitrogens with two attached hydrogens (primary N) is 1. The lowest BCUT2D eigenvalue weighted by molar-refractivity contribution is -0.392. The fraction of sp³-hybridized carbons (Fsp3) is 0.556. The van der Waals surface area contributed by atoms with E-state index in [1.165, 1.54) is 22.5 Å². The summed E-state index contributed by atoms with van der Waals surface area (Å²) in [4.78, 5) is 24.6. The molecule has 0 radical (unpaired) electrons. The highest BCUT2D eigenvalue weighted by Crippen LogP contribution is 2.15. The number of hydrogen-bond acceptors (Lipinski definition) is 6. The molecule has 0 saturated carbocycles. The largest absolute Gasteiger partial charge is 0.480 e. The number of aryl methyl sites for hydroxylation is 1. The summed E-state index contributed by atoms with van der Waals surface area (Å²) in [7, 11) is 0. The number of rotatable bonds is 7. The Kier molecular flexibility index (Phi) is 5.10. The molecule has 0 aromatic carbocycles. The summed E-state index contributed by atoms with van der Waals surface area (Å²) in [6.07, 6.45) is 1.21. The summed E-state index contributed by atoms with van der Waals surface area (Å²) in [5.74, 6) is 0.267. The molecule has 0 aliphatic carbocycles. The van der Waals surface area contributed by atoms with E-state index in [9.17, 15) is 14.9 Å². The molecule has 0 bridgehead atoms. The van der Waals surface area contributed by atoms with Crippen LogP contribution in [-0.4, -0.2) is 43.1 Å². The number of imidazole rings is 1. The quantitative estimate of drug-likeness (QED) is 0.414. The zero-order valence-corrected chi connectivity index (χ0v) is 10.6. The Morgan fingerprint density at radius 2 is 2.44 bits per heavy atom. The molecule has 9 heteroatoms. The summed E-state index contributed by atoms with van der Waals surface area (Å²) >= 11 is 1.34. The van der Waals surface area contributed by atoms with Crippen molar-refractivity contribution in [1.82, 2.24) is 9.55 Å². The van der Waals surface area contributed by atoms with Gasteiger partial charge in [0.2, 0.25) is 0 Å². The summed E-state index contributed by atoms with van der Waals surface area (Å²) in [6, 6.07) is -0.908. The second-order valence-electron chi connectivity index (χ2n) is 3.59. The summed E-state index contributed by atoms with van der Waals surface area (Å²) in [6.45, 7) is 2.08. The first-order chi connectivity index (χ1) is 8.43. The molecule has 0 fully saturated rings. The number of carbonyl (C=O) groups is 1. The van der Waals surface area contributed by atoms with Crippen molar-refractivity contribution in [3.8, 4) is 0 Å². The van der Waals surface area contributed by atoms with Crippen LogP contribution < -0.4 is 5.73 Å². The fourth-order valence-corrected chi connectivity index (χ4v) is 2.19. The molecule has 3 N–H and O–H groups in total. The van der Waals surface area contributed by atoms with Crippen molar-refractivity contribution in [1.29, 1.82) is 0 Å². The molecule has 0 spiro atoms. The summed E-state index contributed by atoms with van der Waals surface area (Å²) in [5.41, 5.74) is 5.34. The lowest BCUT2D eigenvalue weighted by Gasteiger charge is -2.06. The lowest BCUT2D eigenvalue weighted by atomic mass is 10.4. The SMILES string of the molecule is Cc1ncc([N+](=O)[O-])n1CCSCC(N)C(=O)O. The zero-order valence-electron chi connectivity index (χ0n) is 9.78. The number of carboxylic acid groups (broad SMARTS) is 1. The van der Waals surface area contributed by atoms with E-state index in [1.54, 1.807) is 6.92 Å². The number of aromatic nitrogens is 2. The maximum absolute atomic E-state index is 10.7. The highest BCUT2D eigenvalue weighted by molar-refractivity contribution is 7.99. The topological polar surface area (TPSA) is 124 Å². The van der Waals surface area contributed by atoms with E-state index in [1.807, 2.05) is 0 Å². The van der Waals surface area contributed by atoms with Crippen LogP contribution in [0.5, 0.6) is 0 Å². The normalized spacial score (nSPS) is 12.3. The van der Waals surface area contributed by atoms with E-state index in [0.717, 1.165) is 0 Å². The molecule has 1 aromatic heterocycles. The van der Waals surface area contributed by atoms with Crippen LogP contribution in [0.4, 0.5) is 5.82 Å². The summed E-state index contributed by atoms with van der Waals surface area (Å²) < 4.78 is 1.49. The minimum atomic E-state index is -1.05. The van der Waals surface area contributed by atoms with Crippen molar-refractivity contribution in [3.05, 3.63) is 22.1 Å². The Morgan fingerprint density at radius 3 is 3.00 bits per heavy atom. The third kappa shape index (κ3) is 3.70. The van der Waals surface area contributed by atoms with Crippen LogP contribution in [0.3, 0.4) is 0 Å². The Labute approximate surface area is 107 Å². The second-order valence-corrected chi connectivity index (χ2v) is 4.74. The first-order valence-corrected chi connectivity index (χ1v) is 6.31. The third-order valence-corrected chi connectivity index (χ3v) is 3.36. The number of nitro groups is 1. The number of nitrogens with zero attached hydrogens (tertiary/aromatic N) is 3. The molecule has 0 saturated heterocycles. The Balaban J connectivity index is 2.47. The van der Waals surface area contributed by atoms with Gasteiger partial charge in [0.05, 0.1) is 0 Å². The first-order valence-electron chi connectivity index (χ1n) is 5.16. The monoisotopic (exact) mass is 274 g/mol. The van der Waals surface area contributed by atoms with E-state index < -0.39 is 16.9 Å². The Hall–Kier alpha value is -1.61. The number of thioether (sulfide) groups is 1. The maximum atomic E-state index is 10.7. The van der Waals surface area contributed by atoms with Crippen molar-refractivity contribution in [2.24, 2.45) is 5.73 Å². The molecule has 1 unspecified atom stereocenters. The number of aliphatic carboxylic acids is 1. The molecule has 1 heterocycles. The van der Waals surface area contributed by atoms with Crippen LogP contribution in [-0.2, 0) is 11.3 Å². The zero-order chi connectivity index (χ0) is 13.7. The first kappa shape index (κ1) is 14.5. The van der Waals surface area contributed by atoms with Crippen molar-refractivity contribution in [2.75, 3.05) is 11.5 Å². The van der Waals surface area contributed by atoms with Gasteiger partial charge in [-0.3, -0.25) is 4.79 Å². The van der Waals surface area contributed by atoms with Crippen LogP contribution in [0.2, 0.25) is 0 Å². The number of carboxylic acids is 1. The highest BCUT2D eigenvalue weighted by Gasteiger charge is 2.17. The lowest BCUT2D eigenvalue weighted by Crippen LogP contribution is -2.32. The predicted molar refractivity (Wildman–Crippen MR) is 66.6 cm³/mol. The van der Waals surface area contributed by atoms with E-state index in [2.05, 4.69) is 4.98 Å². The molecule has 100 valence electrons. The average Bonchev–Trinajstić information content (AvgIpc) is 2.66. The minimum Gasteiger partial charge on any atom is -0.480 e. The molecule has 0 amide bonds. The van der Waals surface area contributed by atoms with Gasteiger partial charge in [0.1, 0.15) is 18.8 Å². The molecular formula is C9H14N4O4S. The van der Waals surface area contributed by atoms with Crippen LogP contribution in [0.25, 0.3) is 0 Å². The molecular weight excluding hydrogens is 260 g/mol. The van der Waals surface area contributed by atoms with Crippen LogP contribution in [0, 0.1) is 17.0 Å². The minimum absolute atomic E-state index is 0.0596.